The van der Waals surface area contributed by atoms with E-state index >= 15 is 0 Å². The summed E-state index contributed by atoms with van der Waals surface area (Å²) < 4.78 is 7.83. The van der Waals surface area contributed by atoms with Gasteiger partial charge in [0.05, 0.1) is 32.2 Å². The van der Waals surface area contributed by atoms with Crippen molar-refractivity contribution in [2.24, 2.45) is 5.92 Å². The van der Waals surface area contributed by atoms with E-state index in [0.29, 0.717) is 61.3 Å². The number of carboxylic acids is 2. The number of carbonyl (C=O) groups excluding carboxylic acids is 3. The molecule has 0 saturated heterocycles. The summed E-state index contributed by atoms with van der Waals surface area (Å²) in [5.41, 5.74) is 0. The molecule has 0 aromatic carbocycles. The summed E-state index contributed by atoms with van der Waals surface area (Å²) in [6, 6.07) is -0.685. The van der Waals surface area contributed by atoms with Crippen molar-refractivity contribution in [2.45, 2.75) is 224 Å². The fourth-order valence-corrected chi connectivity index (χ4v) is 11.1. The highest BCUT2D eigenvalue weighted by Crippen LogP contribution is 2.25. The van der Waals surface area contributed by atoms with E-state index < -0.39 is 18.0 Å². The predicted molar refractivity (Wildman–Crippen MR) is 278 cm³/mol. The van der Waals surface area contributed by atoms with Crippen molar-refractivity contribution >= 4 is 65.0 Å². The van der Waals surface area contributed by atoms with Gasteiger partial charge in [-0.05, 0) is 62.4 Å². The largest absolute Gasteiger partial charge is 0.481 e. The van der Waals surface area contributed by atoms with Gasteiger partial charge in [0.15, 0.2) is 0 Å². The molecule has 0 fully saturated rings. The first kappa shape index (κ1) is 61.6. The van der Waals surface area contributed by atoms with Gasteiger partial charge in [-0.25, -0.2) is 4.98 Å². The molecule has 0 radical (unpaired) electrons. The average Bonchev–Trinajstić information content (AvgIpc) is 3.82. The molecule has 1 heterocycles. The molecule has 0 aliphatic carbocycles. The van der Waals surface area contributed by atoms with Gasteiger partial charge in [0.1, 0.15) is 6.04 Å². The maximum absolute atomic E-state index is 13.4. The lowest BCUT2D eigenvalue weighted by Gasteiger charge is -2.19. The first-order valence-electron chi connectivity index (χ1n) is 26.0. The summed E-state index contributed by atoms with van der Waals surface area (Å²) >= 11 is 4.82. The molecule has 1 aromatic heterocycles. The Labute approximate surface area is 413 Å². The maximum atomic E-state index is 13.4. The molecular formula is C51H92N4O8S3. The minimum absolute atomic E-state index is 0.0878. The second kappa shape index (κ2) is 45.1. The van der Waals surface area contributed by atoms with Crippen LogP contribution in [-0.4, -0.2) is 103 Å². The monoisotopic (exact) mass is 985 g/mol. The zero-order valence-corrected chi connectivity index (χ0v) is 43.7. The lowest BCUT2D eigenvalue weighted by atomic mass is 9.94. The van der Waals surface area contributed by atoms with E-state index in [4.69, 9.17) is 14.9 Å². The van der Waals surface area contributed by atoms with Gasteiger partial charge in [-0.2, -0.15) is 35.3 Å². The number of ether oxygens (including phenoxy) is 1. The zero-order chi connectivity index (χ0) is 48.1. The van der Waals surface area contributed by atoms with E-state index in [9.17, 15) is 24.0 Å². The molecule has 0 aliphatic rings. The molecule has 2 amide bonds. The Morgan fingerprint density at radius 1 is 0.606 bits per heavy atom. The molecule has 0 spiro atoms. The van der Waals surface area contributed by atoms with Gasteiger partial charge < -0.3 is 30.2 Å². The van der Waals surface area contributed by atoms with Crippen LogP contribution in [0.2, 0.25) is 0 Å². The number of aliphatic carboxylic acids is 2. The van der Waals surface area contributed by atoms with Crippen LogP contribution in [0.5, 0.6) is 0 Å². The minimum atomic E-state index is -0.829. The minimum Gasteiger partial charge on any atom is -0.481 e. The molecule has 0 saturated carbocycles. The number of rotatable bonds is 49. The van der Waals surface area contributed by atoms with E-state index in [1.807, 2.05) is 10.8 Å². The molecular weight excluding hydrogens is 893 g/mol. The Morgan fingerprint density at radius 3 is 1.73 bits per heavy atom. The number of nitrogens with one attached hydrogen (secondary N) is 2. The van der Waals surface area contributed by atoms with Crippen LogP contribution in [0, 0.1) is 5.92 Å². The lowest BCUT2D eigenvalue weighted by molar-refractivity contribution is -0.144. The summed E-state index contributed by atoms with van der Waals surface area (Å²) in [6.45, 7) is 6.22. The SMILES string of the molecule is CCCCCCCCCCCCC(CCCCCCCCCC)COC(=O)CCSCCC(NC(=O)CCCCC(CCSCCC(=O)O)SCCC(=O)O)C(=O)NCCCn1ccnc1. The van der Waals surface area contributed by atoms with Crippen molar-refractivity contribution in [3.63, 3.8) is 0 Å². The number of unbranched alkanes of at least 4 members (excludes halogenated alkanes) is 17. The summed E-state index contributed by atoms with van der Waals surface area (Å²) in [7, 11) is 0. The lowest BCUT2D eigenvalue weighted by Crippen LogP contribution is -2.47. The van der Waals surface area contributed by atoms with Crippen LogP contribution in [-0.2, 0) is 35.3 Å². The summed E-state index contributed by atoms with van der Waals surface area (Å²) in [4.78, 5) is 65.4. The van der Waals surface area contributed by atoms with Crippen molar-refractivity contribution < 1.29 is 38.9 Å². The van der Waals surface area contributed by atoms with Gasteiger partial charge in [-0.1, -0.05) is 136 Å². The third-order valence-corrected chi connectivity index (χ3v) is 15.3. The third-order valence-electron chi connectivity index (χ3n) is 11.9. The number of esters is 1. The van der Waals surface area contributed by atoms with Crippen LogP contribution in [0.15, 0.2) is 18.7 Å². The molecule has 12 nitrogen and oxygen atoms in total. The number of carboxylic acid groups (broad SMARTS) is 2. The number of aryl methyl sites for hydroxylation is 1. The van der Waals surface area contributed by atoms with Crippen LogP contribution < -0.4 is 10.6 Å². The molecule has 0 bridgehead atoms. The van der Waals surface area contributed by atoms with Crippen molar-refractivity contribution in [1.29, 1.82) is 0 Å². The molecule has 382 valence electrons. The van der Waals surface area contributed by atoms with Crippen LogP contribution >= 0.6 is 35.3 Å². The third kappa shape index (κ3) is 39.6. The average molecular weight is 986 g/mol. The number of amides is 2. The fourth-order valence-electron chi connectivity index (χ4n) is 7.85. The molecule has 1 aromatic rings. The maximum Gasteiger partial charge on any atom is 0.306 e. The number of hydrogen-bond acceptors (Lipinski definition) is 10. The Kier molecular flexibility index (Phi) is 42.1. The predicted octanol–water partition coefficient (Wildman–Crippen LogP) is 12.1. The Hall–Kier alpha value is -2.39. The highest BCUT2D eigenvalue weighted by atomic mass is 32.2. The van der Waals surface area contributed by atoms with Gasteiger partial charge in [0.2, 0.25) is 11.8 Å². The van der Waals surface area contributed by atoms with E-state index in [0.717, 1.165) is 50.8 Å². The number of hydrogen-bond donors (Lipinski definition) is 4. The highest BCUT2D eigenvalue weighted by Gasteiger charge is 2.21. The van der Waals surface area contributed by atoms with Gasteiger partial charge in [0.25, 0.3) is 0 Å². The molecule has 3 atom stereocenters. The highest BCUT2D eigenvalue weighted by molar-refractivity contribution is 8.00. The first-order valence-corrected chi connectivity index (χ1v) is 29.4. The Morgan fingerprint density at radius 2 is 1.15 bits per heavy atom. The quantitative estimate of drug-likeness (QED) is 0.0359. The molecule has 3 unspecified atom stereocenters. The van der Waals surface area contributed by atoms with E-state index in [1.165, 1.54) is 116 Å². The van der Waals surface area contributed by atoms with Crippen molar-refractivity contribution in [2.75, 3.05) is 41.9 Å². The molecule has 15 heteroatoms. The number of carbonyl (C=O) groups is 5. The van der Waals surface area contributed by atoms with Crippen LogP contribution in [0.3, 0.4) is 0 Å². The summed E-state index contributed by atoms with van der Waals surface area (Å²) in [5, 5.41) is 24.2. The summed E-state index contributed by atoms with van der Waals surface area (Å²) in [6.07, 6.45) is 36.2. The number of thioether (sulfide) groups is 3. The van der Waals surface area contributed by atoms with E-state index in [2.05, 4.69) is 29.5 Å². The number of aromatic nitrogens is 2. The van der Waals surface area contributed by atoms with Crippen LogP contribution in [0.4, 0.5) is 0 Å². The smallest absolute Gasteiger partial charge is 0.306 e. The normalized spacial score (nSPS) is 12.7. The Balaban J connectivity index is 2.59. The fraction of sp³-hybridized carbons (Fsp3) is 0.843. The van der Waals surface area contributed by atoms with Crippen molar-refractivity contribution in [3.8, 4) is 0 Å². The van der Waals surface area contributed by atoms with Crippen molar-refractivity contribution in [1.82, 2.24) is 20.2 Å². The summed E-state index contributed by atoms with van der Waals surface area (Å²) in [5.74, 6) is 1.29. The topological polar surface area (TPSA) is 177 Å². The second-order valence-electron chi connectivity index (χ2n) is 17.9. The van der Waals surface area contributed by atoms with E-state index in [-0.39, 0.29) is 42.3 Å². The van der Waals surface area contributed by atoms with Crippen molar-refractivity contribution in [3.05, 3.63) is 18.7 Å². The molecule has 0 aliphatic heterocycles. The van der Waals surface area contributed by atoms with Gasteiger partial charge >= 0.3 is 17.9 Å². The van der Waals surface area contributed by atoms with Crippen LogP contribution in [0.25, 0.3) is 0 Å². The Bertz CT molecular complexity index is 1340. The number of imidazole rings is 1. The zero-order valence-electron chi connectivity index (χ0n) is 41.3. The molecule has 4 N–H and O–H groups in total. The standard InChI is InChI=1S/C51H92N4O8S3/c1-3-5-7-9-11-13-14-16-18-20-25-44(24-19-17-15-12-10-8-6-4-2)42-63-50(61)32-40-65-38-29-46(51(62)53-33-23-35-55-36-34-52-43-55)54-47(56)27-22-21-26-45(66-41-31-49(59)60)28-37-64-39-30-48(57)58/h34,36,43-46H,3-33,35,37-42H2,1-2H3,(H,53,62)(H,54,56)(H,57,58)(H,59,60). The van der Waals surface area contributed by atoms with E-state index in [1.54, 1.807) is 47.8 Å². The van der Waals surface area contributed by atoms with Gasteiger partial charge in [-0.15, -0.1) is 0 Å². The second-order valence-corrected chi connectivity index (χ2v) is 21.8. The first-order chi connectivity index (χ1) is 32.1. The number of nitrogens with zero attached hydrogens (tertiary/aromatic N) is 2. The van der Waals surface area contributed by atoms with Gasteiger partial charge in [-0.3, -0.25) is 24.0 Å². The van der Waals surface area contributed by atoms with Gasteiger partial charge in [0, 0.05) is 54.4 Å². The van der Waals surface area contributed by atoms with Crippen LogP contribution in [0.1, 0.15) is 206 Å². The molecule has 1 rings (SSSR count). The molecule has 66 heavy (non-hydrogen) atoms.